The van der Waals surface area contributed by atoms with Crippen molar-refractivity contribution in [3.05, 3.63) is 90.0 Å². The molecule has 43 heavy (non-hydrogen) atoms. The molecule has 0 aromatic heterocycles. The molecule has 0 unspecified atom stereocenters. The van der Waals surface area contributed by atoms with Crippen molar-refractivity contribution in [3.8, 4) is 5.75 Å². The largest absolute Gasteiger partial charge is 0.492 e. The van der Waals surface area contributed by atoms with Crippen molar-refractivity contribution in [2.75, 3.05) is 24.0 Å². The highest BCUT2D eigenvalue weighted by Crippen LogP contribution is 2.33. The maximum atomic E-state index is 14.3. The molecular weight excluding hydrogens is 562 g/mol. The molecule has 1 aliphatic carbocycles. The van der Waals surface area contributed by atoms with E-state index in [1.54, 1.807) is 53.4 Å². The minimum absolute atomic E-state index is 0.0686. The van der Waals surface area contributed by atoms with E-state index in [1.807, 2.05) is 51.1 Å². The van der Waals surface area contributed by atoms with E-state index in [4.69, 9.17) is 4.74 Å². The van der Waals surface area contributed by atoms with E-state index in [1.165, 1.54) is 0 Å². The molecule has 1 saturated carbocycles. The number of rotatable bonds is 14. The number of anilines is 1. The lowest BCUT2D eigenvalue weighted by Crippen LogP contribution is -2.54. The highest BCUT2D eigenvalue weighted by molar-refractivity contribution is 7.92. The number of carbonyl (C=O) groups is 2. The molecular formula is C34H43N3O5S. The lowest BCUT2D eigenvalue weighted by Gasteiger charge is -2.34. The Morgan fingerprint density at radius 2 is 1.58 bits per heavy atom. The van der Waals surface area contributed by atoms with Crippen LogP contribution in [0.1, 0.15) is 57.1 Å². The lowest BCUT2D eigenvalue weighted by atomic mass is 10.1. The normalized spacial score (nSPS) is 14.2. The van der Waals surface area contributed by atoms with Gasteiger partial charge in [0.2, 0.25) is 11.8 Å². The SMILES string of the molecule is CCOc1ccccc1N(CC(=O)N(CCc1ccccc1)[C@@H](CC)C(=O)NC1CCCC1)S(=O)(=O)c1ccc(C)cc1. The Kier molecular flexibility index (Phi) is 11.2. The Bertz CT molecular complexity index is 1450. The van der Waals surface area contributed by atoms with Gasteiger partial charge in [-0.1, -0.05) is 79.9 Å². The summed E-state index contributed by atoms with van der Waals surface area (Å²) in [6.45, 7) is 5.70. The Morgan fingerprint density at radius 3 is 2.23 bits per heavy atom. The lowest BCUT2D eigenvalue weighted by molar-refractivity contribution is -0.139. The number of benzene rings is 3. The molecule has 0 saturated heterocycles. The standard InChI is InChI=1S/C34H43N3O5S/c1-4-30(34(39)35-28-15-9-10-16-28)36(24-23-27-13-7-6-8-14-27)33(38)25-37(31-17-11-12-18-32(31)42-5-2)43(40,41)29-21-19-26(3)20-22-29/h6-8,11-14,17-22,28,30H,4-5,9-10,15-16,23-25H2,1-3H3,(H,35,39)/t30-/m0/s1. The second-order valence-corrected chi connectivity index (χ2v) is 12.8. The first kappa shape index (κ1) is 32.1. The van der Waals surface area contributed by atoms with E-state index in [-0.39, 0.29) is 29.1 Å². The van der Waals surface area contributed by atoms with Gasteiger partial charge >= 0.3 is 0 Å². The fourth-order valence-corrected chi connectivity index (χ4v) is 6.98. The molecule has 4 rings (SSSR count). The van der Waals surface area contributed by atoms with Crippen LogP contribution in [0.3, 0.4) is 0 Å². The number of ether oxygens (including phenoxy) is 1. The molecule has 0 bridgehead atoms. The molecule has 230 valence electrons. The topological polar surface area (TPSA) is 96.0 Å². The number of sulfonamides is 1. The highest BCUT2D eigenvalue weighted by Gasteiger charge is 2.35. The molecule has 1 fully saturated rings. The molecule has 8 nitrogen and oxygen atoms in total. The van der Waals surface area contributed by atoms with E-state index in [0.717, 1.165) is 41.1 Å². The van der Waals surface area contributed by atoms with E-state index < -0.39 is 28.5 Å². The second-order valence-electron chi connectivity index (χ2n) is 11.0. The molecule has 0 heterocycles. The van der Waals surface area contributed by atoms with Crippen LogP contribution in [0.25, 0.3) is 0 Å². The maximum Gasteiger partial charge on any atom is 0.264 e. The summed E-state index contributed by atoms with van der Waals surface area (Å²) in [5.41, 5.74) is 2.21. The van der Waals surface area contributed by atoms with E-state index >= 15 is 0 Å². The van der Waals surface area contributed by atoms with Crippen molar-refractivity contribution < 1.29 is 22.7 Å². The van der Waals surface area contributed by atoms with Gasteiger partial charge in [0.15, 0.2) is 0 Å². The van der Waals surface area contributed by atoms with Gasteiger partial charge in [0, 0.05) is 12.6 Å². The van der Waals surface area contributed by atoms with Crippen LogP contribution in [-0.2, 0) is 26.0 Å². The number of hydrogen-bond acceptors (Lipinski definition) is 5. The molecule has 0 aliphatic heterocycles. The highest BCUT2D eigenvalue weighted by atomic mass is 32.2. The average molecular weight is 606 g/mol. The van der Waals surface area contributed by atoms with Gasteiger partial charge in [0.1, 0.15) is 18.3 Å². The van der Waals surface area contributed by atoms with Gasteiger partial charge in [0.25, 0.3) is 10.0 Å². The number of aryl methyl sites for hydroxylation is 1. The first-order chi connectivity index (χ1) is 20.7. The Morgan fingerprint density at radius 1 is 0.930 bits per heavy atom. The summed E-state index contributed by atoms with van der Waals surface area (Å²) in [7, 11) is -4.17. The summed E-state index contributed by atoms with van der Waals surface area (Å²) in [6.07, 6.45) is 4.93. The predicted molar refractivity (Wildman–Crippen MR) is 170 cm³/mol. The molecule has 1 aliphatic rings. The predicted octanol–water partition coefficient (Wildman–Crippen LogP) is 5.50. The Balaban J connectivity index is 1.71. The molecule has 1 N–H and O–H groups in total. The second kappa shape index (κ2) is 15.0. The van der Waals surface area contributed by atoms with Gasteiger partial charge in [-0.25, -0.2) is 8.42 Å². The van der Waals surface area contributed by atoms with Crippen molar-refractivity contribution in [1.82, 2.24) is 10.2 Å². The van der Waals surface area contributed by atoms with Gasteiger partial charge in [-0.15, -0.1) is 0 Å². The van der Waals surface area contributed by atoms with Crippen molar-refractivity contribution in [3.63, 3.8) is 0 Å². The van der Waals surface area contributed by atoms with E-state index in [0.29, 0.717) is 25.2 Å². The monoisotopic (exact) mass is 605 g/mol. The van der Waals surface area contributed by atoms with Gasteiger partial charge in [-0.05, 0) is 69.4 Å². The zero-order chi connectivity index (χ0) is 30.8. The fraction of sp³-hybridized carbons (Fsp3) is 0.412. The molecule has 1 atom stereocenters. The molecule has 9 heteroatoms. The summed E-state index contributed by atoms with van der Waals surface area (Å²) in [4.78, 5) is 29.5. The number of nitrogens with zero attached hydrogens (tertiary/aromatic N) is 2. The average Bonchev–Trinajstić information content (AvgIpc) is 3.52. The molecule has 0 radical (unpaired) electrons. The summed E-state index contributed by atoms with van der Waals surface area (Å²) >= 11 is 0. The smallest absolute Gasteiger partial charge is 0.264 e. The minimum atomic E-state index is -4.17. The van der Waals surface area contributed by atoms with Crippen molar-refractivity contribution >= 4 is 27.5 Å². The van der Waals surface area contributed by atoms with Crippen LogP contribution >= 0.6 is 0 Å². The molecule has 3 aromatic rings. The van der Waals surface area contributed by atoms with Gasteiger partial charge < -0.3 is 15.0 Å². The summed E-state index contributed by atoms with van der Waals surface area (Å²) < 4.78 is 35.2. The zero-order valence-corrected chi connectivity index (χ0v) is 26.2. The quantitative estimate of drug-likeness (QED) is 0.262. The first-order valence-corrected chi connectivity index (χ1v) is 16.6. The number of amides is 2. The Labute approximate surface area is 256 Å². The van der Waals surface area contributed by atoms with Crippen molar-refractivity contribution in [2.45, 2.75) is 76.3 Å². The number of carbonyl (C=O) groups excluding carboxylic acids is 2. The van der Waals surface area contributed by atoms with Gasteiger partial charge in [-0.2, -0.15) is 0 Å². The van der Waals surface area contributed by atoms with Crippen LogP contribution in [0, 0.1) is 6.92 Å². The summed E-state index contributed by atoms with van der Waals surface area (Å²) in [6, 6.07) is 22.5. The summed E-state index contributed by atoms with van der Waals surface area (Å²) in [5, 5.41) is 3.15. The zero-order valence-electron chi connectivity index (χ0n) is 25.4. The van der Waals surface area contributed by atoms with E-state index in [9.17, 15) is 18.0 Å². The van der Waals surface area contributed by atoms with Crippen LogP contribution in [0.15, 0.2) is 83.8 Å². The van der Waals surface area contributed by atoms with Crippen LogP contribution < -0.4 is 14.4 Å². The third kappa shape index (κ3) is 8.16. The maximum absolute atomic E-state index is 14.3. The number of para-hydroxylation sites is 2. The third-order valence-electron chi connectivity index (χ3n) is 7.89. The minimum Gasteiger partial charge on any atom is -0.492 e. The molecule has 2 amide bonds. The van der Waals surface area contributed by atoms with Crippen LogP contribution in [-0.4, -0.2) is 56.9 Å². The van der Waals surface area contributed by atoms with Crippen LogP contribution in [0.5, 0.6) is 5.75 Å². The van der Waals surface area contributed by atoms with Crippen molar-refractivity contribution in [2.24, 2.45) is 0 Å². The fourth-order valence-electron chi connectivity index (χ4n) is 5.55. The van der Waals surface area contributed by atoms with Crippen molar-refractivity contribution in [1.29, 1.82) is 0 Å². The Hall–Kier alpha value is -3.85. The number of hydrogen-bond donors (Lipinski definition) is 1. The van der Waals surface area contributed by atoms with Gasteiger partial charge in [0.05, 0.1) is 17.2 Å². The molecule has 3 aromatic carbocycles. The number of nitrogens with one attached hydrogen (secondary N) is 1. The van der Waals surface area contributed by atoms with Crippen LogP contribution in [0.2, 0.25) is 0 Å². The first-order valence-electron chi connectivity index (χ1n) is 15.2. The molecule has 0 spiro atoms. The van der Waals surface area contributed by atoms with E-state index in [2.05, 4.69) is 5.32 Å². The van der Waals surface area contributed by atoms with Gasteiger partial charge in [-0.3, -0.25) is 13.9 Å². The summed E-state index contributed by atoms with van der Waals surface area (Å²) in [5.74, 6) is -0.292. The third-order valence-corrected chi connectivity index (χ3v) is 9.67. The van der Waals surface area contributed by atoms with Crippen LogP contribution in [0.4, 0.5) is 5.69 Å².